The zero-order valence-electron chi connectivity index (χ0n) is 11.5. The van der Waals surface area contributed by atoms with E-state index >= 15 is 0 Å². The highest BCUT2D eigenvalue weighted by Crippen LogP contribution is 2.25. The third-order valence-corrected chi connectivity index (χ3v) is 4.88. The molecule has 0 amide bonds. The molecule has 1 aromatic heterocycles. The predicted molar refractivity (Wildman–Crippen MR) is 82.6 cm³/mol. The number of nitriles is 1. The molecule has 0 radical (unpaired) electrons. The Morgan fingerprint density at radius 3 is 2.90 bits per heavy atom. The lowest BCUT2D eigenvalue weighted by Gasteiger charge is -2.24. The van der Waals surface area contributed by atoms with E-state index in [2.05, 4.69) is 41.3 Å². The van der Waals surface area contributed by atoms with Crippen molar-refractivity contribution in [1.82, 2.24) is 4.90 Å². The maximum atomic E-state index is 8.90. The average molecular weight is 282 g/mol. The number of benzene rings is 1. The van der Waals surface area contributed by atoms with E-state index in [-0.39, 0.29) is 0 Å². The lowest BCUT2D eigenvalue weighted by Crippen LogP contribution is -2.30. The molecule has 0 N–H and O–H groups in total. The summed E-state index contributed by atoms with van der Waals surface area (Å²) in [6.07, 6.45) is 3.71. The maximum Gasteiger partial charge on any atom is 0.100 e. The van der Waals surface area contributed by atoms with E-state index in [1.807, 2.05) is 11.4 Å². The number of rotatable bonds is 4. The van der Waals surface area contributed by atoms with Gasteiger partial charge in [0.2, 0.25) is 0 Å². The molecule has 3 heteroatoms. The number of hydrogen-bond donors (Lipinski definition) is 0. The topological polar surface area (TPSA) is 27.0 Å². The van der Waals surface area contributed by atoms with Gasteiger partial charge in [0.15, 0.2) is 0 Å². The molecule has 1 unspecified atom stereocenters. The van der Waals surface area contributed by atoms with Crippen molar-refractivity contribution in [2.24, 2.45) is 0 Å². The summed E-state index contributed by atoms with van der Waals surface area (Å²) < 4.78 is 0. The van der Waals surface area contributed by atoms with Crippen LogP contribution in [0.4, 0.5) is 0 Å². The first kappa shape index (κ1) is 13.4. The van der Waals surface area contributed by atoms with Crippen LogP contribution in [0, 0.1) is 11.3 Å². The minimum atomic E-state index is 0.644. The van der Waals surface area contributed by atoms with Crippen molar-refractivity contribution >= 4 is 11.3 Å². The normalized spacial score (nSPS) is 19.1. The fraction of sp³-hybridized carbons (Fsp3) is 0.353. The first-order valence-corrected chi connectivity index (χ1v) is 7.98. The van der Waals surface area contributed by atoms with E-state index in [9.17, 15) is 0 Å². The summed E-state index contributed by atoms with van der Waals surface area (Å²) in [7, 11) is 0. The molecular weight excluding hydrogens is 264 g/mol. The summed E-state index contributed by atoms with van der Waals surface area (Å²) >= 11 is 1.71. The Morgan fingerprint density at radius 2 is 2.15 bits per heavy atom. The first-order valence-electron chi connectivity index (χ1n) is 7.10. The highest BCUT2D eigenvalue weighted by molar-refractivity contribution is 7.10. The molecule has 2 nitrogen and oxygen atoms in total. The number of likely N-dealkylation sites (tertiary alicyclic amines) is 1. The summed E-state index contributed by atoms with van der Waals surface area (Å²) in [4.78, 5) is 3.88. The molecule has 0 bridgehead atoms. The summed E-state index contributed by atoms with van der Waals surface area (Å²) in [5, 5.41) is 10.9. The Balaban J connectivity index is 1.65. The summed E-state index contributed by atoms with van der Waals surface area (Å²) in [6.45, 7) is 2.17. The smallest absolute Gasteiger partial charge is 0.100 e. The van der Waals surface area contributed by atoms with Gasteiger partial charge >= 0.3 is 0 Å². The van der Waals surface area contributed by atoms with Gasteiger partial charge < -0.3 is 0 Å². The first-order chi connectivity index (χ1) is 9.85. The standard InChI is InChI=1S/C17H18N2S/c18-11-15-10-17(20-13-15)12-19-8-4-7-16(19)9-14-5-2-1-3-6-14/h1-3,5-6,10,13,16H,4,7-9,12H2. The molecule has 1 atom stereocenters. The number of hydrogen-bond acceptors (Lipinski definition) is 3. The molecule has 0 aliphatic carbocycles. The molecule has 2 heterocycles. The molecule has 0 saturated carbocycles. The number of nitrogens with zero attached hydrogens (tertiary/aromatic N) is 2. The molecule has 1 aliphatic rings. The van der Waals surface area contributed by atoms with Crippen molar-refractivity contribution in [3.63, 3.8) is 0 Å². The second-order valence-corrected chi connectivity index (χ2v) is 6.37. The molecule has 1 saturated heterocycles. The van der Waals surface area contributed by atoms with E-state index in [1.54, 1.807) is 11.3 Å². The molecule has 102 valence electrons. The van der Waals surface area contributed by atoms with Crippen LogP contribution in [0.15, 0.2) is 41.8 Å². The highest BCUT2D eigenvalue weighted by atomic mass is 32.1. The second kappa shape index (κ2) is 6.21. The Morgan fingerprint density at radius 1 is 1.30 bits per heavy atom. The van der Waals surface area contributed by atoms with E-state index in [0.717, 1.165) is 18.5 Å². The predicted octanol–water partition coefficient (Wildman–Crippen LogP) is 3.83. The van der Waals surface area contributed by atoms with Gasteiger partial charge in [-0.2, -0.15) is 5.26 Å². The van der Waals surface area contributed by atoms with Crippen LogP contribution in [0.5, 0.6) is 0 Å². The van der Waals surface area contributed by atoms with Crippen LogP contribution < -0.4 is 0 Å². The lowest BCUT2D eigenvalue weighted by molar-refractivity contribution is 0.246. The maximum absolute atomic E-state index is 8.90. The quantitative estimate of drug-likeness (QED) is 0.852. The largest absolute Gasteiger partial charge is 0.295 e. The van der Waals surface area contributed by atoms with Crippen LogP contribution in [-0.4, -0.2) is 17.5 Å². The van der Waals surface area contributed by atoms with Crippen LogP contribution in [0.1, 0.15) is 28.8 Å². The Kier molecular flexibility index (Phi) is 4.15. The van der Waals surface area contributed by atoms with Gasteiger partial charge in [-0.15, -0.1) is 11.3 Å². The van der Waals surface area contributed by atoms with Crippen molar-refractivity contribution in [3.05, 3.63) is 57.8 Å². The van der Waals surface area contributed by atoms with Crippen LogP contribution >= 0.6 is 11.3 Å². The van der Waals surface area contributed by atoms with Crippen molar-refractivity contribution in [1.29, 1.82) is 5.26 Å². The molecule has 1 aromatic carbocycles. The molecule has 20 heavy (non-hydrogen) atoms. The van der Waals surface area contributed by atoms with Crippen LogP contribution in [-0.2, 0) is 13.0 Å². The molecule has 3 rings (SSSR count). The van der Waals surface area contributed by atoms with Crippen molar-refractivity contribution < 1.29 is 0 Å². The Hall–Kier alpha value is -1.63. The van der Waals surface area contributed by atoms with Crippen molar-refractivity contribution in [2.75, 3.05) is 6.54 Å². The van der Waals surface area contributed by atoms with Crippen LogP contribution in [0.2, 0.25) is 0 Å². The van der Waals surface area contributed by atoms with Gasteiger partial charge in [0, 0.05) is 22.8 Å². The highest BCUT2D eigenvalue weighted by Gasteiger charge is 2.24. The van der Waals surface area contributed by atoms with Crippen LogP contribution in [0.3, 0.4) is 0 Å². The molecule has 2 aromatic rings. The fourth-order valence-corrected chi connectivity index (χ4v) is 3.78. The van der Waals surface area contributed by atoms with E-state index in [0.29, 0.717) is 6.04 Å². The van der Waals surface area contributed by atoms with Gasteiger partial charge in [0.25, 0.3) is 0 Å². The van der Waals surface area contributed by atoms with Crippen LogP contribution in [0.25, 0.3) is 0 Å². The van der Waals surface area contributed by atoms with Crippen molar-refractivity contribution in [3.8, 4) is 6.07 Å². The fourth-order valence-electron chi connectivity index (χ4n) is 2.94. The van der Waals surface area contributed by atoms with Gasteiger partial charge in [-0.25, -0.2) is 0 Å². The van der Waals surface area contributed by atoms with Crippen molar-refractivity contribution in [2.45, 2.75) is 31.8 Å². The minimum Gasteiger partial charge on any atom is -0.295 e. The second-order valence-electron chi connectivity index (χ2n) is 5.37. The molecule has 1 fully saturated rings. The van der Waals surface area contributed by atoms with E-state index < -0.39 is 0 Å². The Labute approximate surface area is 124 Å². The zero-order valence-corrected chi connectivity index (χ0v) is 12.3. The monoisotopic (exact) mass is 282 g/mol. The number of thiophene rings is 1. The zero-order chi connectivity index (χ0) is 13.8. The van der Waals surface area contributed by atoms with Gasteiger partial charge in [-0.3, -0.25) is 4.90 Å². The molecular formula is C17H18N2S. The van der Waals surface area contributed by atoms with Gasteiger partial charge in [-0.05, 0) is 37.4 Å². The van der Waals surface area contributed by atoms with Gasteiger partial charge in [-0.1, -0.05) is 30.3 Å². The molecule has 1 aliphatic heterocycles. The lowest BCUT2D eigenvalue weighted by atomic mass is 10.0. The average Bonchev–Trinajstić information content (AvgIpc) is 3.10. The van der Waals surface area contributed by atoms with E-state index in [4.69, 9.17) is 5.26 Å². The SMILES string of the molecule is N#Cc1csc(CN2CCCC2Cc2ccccc2)c1. The van der Waals surface area contributed by atoms with Gasteiger partial charge in [0.1, 0.15) is 6.07 Å². The third kappa shape index (κ3) is 3.09. The molecule has 0 spiro atoms. The summed E-state index contributed by atoms with van der Waals surface area (Å²) in [5.74, 6) is 0. The summed E-state index contributed by atoms with van der Waals surface area (Å²) in [6, 6.07) is 15.6. The van der Waals surface area contributed by atoms with E-state index in [1.165, 1.54) is 29.8 Å². The summed E-state index contributed by atoms with van der Waals surface area (Å²) in [5.41, 5.74) is 2.22. The van der Waals surface area contributed by atoms with Gasteiger partial charge in [0.05, 0.1) is 5.56 Å². The third-order valence-electron chi connectivity index (χ3n) is 3.96. The Bertz CT molecular complexity index is 597. The minimum absolute atomic E-state index is 0.644.